The van der Waals surface area contributed by atoms with Crippen LogP contribution in [0.4, 0.5) is 0 Å². The highest BCUT2D eigenvalue weighted by Crippen LogP contribution is 1.92. The first-order valence-electron chi connectivity index (χ1n) is 7.71. The van der Waals surface area contributed by atoms with Crippen molar-refractivity contribution >= 4 is 17.7 Å². The van der Waals surface area contributed by atoms with E-state index in [0.717, 1.165) is 0 Å². The van der Waals surface area contributed by atoms with Gasteiger partial charge in [0.1, 0.15) is 12.1 Å². The van der Waals surface area contributed by atoms with Crippen molar-refractivity contribution in [1.29, 1.82) is 0 Å². The van der Waals surface area contributed by atoms with E-state index < -0.39 is 24.0 Å². The Balaban J connectivity index is 4.37. The third kappa shape index (κ3) is 7.97. The summed E-state index contributed by atoms with van der Waals surface area (Å²) in [6, 6.07) is -1.58. The molecule has 22 heavy (non-hydrogen) atoms. The zero-order valence-corrected chi connectivity index (χ0v) is 14.6. The van der Waals surface area contributed by atoms with E-state index in [4.69, 9.17) is 0 Å². The van der Waals surface area contributed by atoms with Crippen molar-refractivity contribution < 1.29 is 14.4 Å². The molecule has 0 aliphatic carbocycles. The lowest BCUT2D eigenvalue weighted by molar-refractivity contribution is -0.132. The molecule has 0 aliphatic rings. The van der Waals surface area contributed by atoms with Gasteiger partial charge in [-0.25, -0.2) is 0 Å². The van der Waals surface area contributed by atoms with Gasteiger partial charge in [0.2, 0.25) is 17.7 Å². The molecule has 0 aliphatic heterocycles. The van der Waals surface area contributed by atoms with E-state index in [9.17, 15) is 14.4 Å². The van der Waals surface area contributed by atoms with E-state index in [1.54, 1.807) is 20.8 Å². The van der Waals surface area contributed by atoms with Crippen molar-refractivity contribution in [2.24, 2.45) is 0 Å². The Hall–Kier alpha value is -1.63. The lowest BCUT2D eigenvalue weighted by Crippen LogP contribution is -2.55. The second kappa shape index (κ2) is 9.40. The highest BCUT2D eigenvalue weighted by molar-refractivity contribution is 5.92. The molecule has 0 aromatic rings. The van der Waals surface area contributed by atoms with Crippen LogP contribution < -0.4 is 21.3 Å². The molecule has 128 valence electrons. The van der Waals surface area contributed by atoms with Crippen LogP contribution in [-0.4, -0.2) is 47.9 Å². The largest absolute Gasteiger partial charge is 0.352 e. The van der Waals surface area contributed by atoms with Crippen LogP contribution in [0.2, 0.25) is 0 Å². The average molecular weight is 314 g/mol. The summed E-state index contributed by atoms with van der Waals surface area (Å²) in [5, 5.41) is 11.0. The minimum Gasteiger partial charge on any atom is -0.352 e. The van der Waals surface area contributed by atoms with Crippen LogP contribution in [0.3, 0.4) is 0 Å². The molecule has 0 saturated heterocycles. The normalized spacial score (nSPS) is 15.1. The smallest absolute Gasteiger partial charge is 0.242 e. The first-order chi connectivity index (χ1) is 10.0. The zero-order chi connectivity index (χ0) is 17.4. The molecule has 0 fully saturated rings. The Kier molecular flexibility index (Phi) is 8.70. The molecule has 0 radical (unpaired) electrons. The van der Waals surface area contributed by atoms with Crippen LogP contribution in [0.25, 0.3) is 0 Å². The van der Waals surface area contributed by atoms with Gasteiger partial charge < -0.3 is 21.3 Å². The van der Waals surface area contributed by atoms with Crippen LogP contribution in [-0.2, 0) is 14.4 Å². The first-order valence-corrected chi connectivity index (χ1v) is 7.71. The Morgan fingerprint density at radius 3 is 1.27 bits per heavy atom. The number of nitrogens with one attached hydrogen (secondary N) is 4. The highest BCUT2D eigenvalue weighted by Gasteiger charge is 2.23. The number of amides is 3. The molecule has 0 rings (SSSR count). The molecule has 0 bridgehead atoms. The second-order valence-corrected chi connectivity index (χ2v) is 6.17. The third-order valence-corrected chi connectivity index (χ3v) is 2.91. The molecule has 0 spiro atoms. The first kappa shape index (κ1) is 20.4. The van der Waals surface area contributed by atoms with E-state index in [1.807, 2.05) is 27.7 Å². The maximum Gasteiger partial charge on any atom is 0.242 e. The molecule has 3 amide bonds. The van der Waals surface area contributed by atoms with Gasteiger partial charge in [-0.15, -0.1) is 0 Å². The van der Waals surface area contributed by atoms with Crippen molar-refractivity contribution in [3.8, 4) is 0 Å². The van der Waals surface area contributed by atoms with Gasteiger partial charge in [0.25, 0.3) is 0 Å². The summed E-state index contributed by atoms with van der Waals surface area (Å²) in [7, 11) is 0. The average Bonchev–Trinajstić information content (AvgIpc) is 2.36. The van der Waals surface area contributed by atoms with Crippen LogP contribution in [0.15, 0.2) is 0 Å². The molecule has 7 nitrogen and oxygen atoms in total. The summed E-state index contributed by atoms with van der Waals surface area (Å²) in [6.45, 7) is 12.5. The Morgan fingerprint density at radius 2 is 0.909 bits per heavy atom. The van der Waals surface area contributed by atoms with Gasteiger partial charge >= 0.3 is 0 Å². The highest BCUT2D eigenvalue weighted by atomic mass is 16.2. The van der Waals surface area contributed by atoms with Gasteiger partial charge in [-0.2, -0.15) is 0 Å². The van der Waals surface area contributed by atoms with Gasteiger partial charge in [-0.3, -0.25) is 14.4 Å². The van der Waals surface area contributed by atoms with Gasteiger partial charge in [-0.1, -0.05) is 13.8 Å². The Bertz CT molecular complexity index is 396. The standard InChI is InChI=1S/C15H30N4O3/c1-8(2)16-10(5)14(21)19-12(7)15(22)18-11(6)13(20)17-9(3)4/h8-12,16H,1-7H3,(H,17,20)(H,18,22)(H,19,21)/t10-,11-,12-/m0/s1. The lowest BCUT2D eigenvalue weighted by atomic mass is 10.2. The summed E-state index contributed by atoms with van der Waals surface area (Å²) >= 11 is 0. The van der Waals surface area contributed by atoms with Crippen LogP contribution >= 0.6 is 0 Å². The predicted molar refractivity (Wildman–Crippen MR) is 86.2 cm³/mol. The molecule has 0 aromatic carbocycles. The van der Waals surface area contributed by atoms with Crippen molar-refractivity contribution in [2.75, 3.05) is 0 Å². The molecule has 4 N–H and O–H groups in total. The van der Waals surface area contributed by atoms with Gasteiger partial charge in [0.15, 0.2) is 0 Å². The van der Waals surface area contributed by atoms with E-state index in [-0.39, 0.29) is 23.9 Å². The third-order valence-electron chi connectivity index (χ3n) is 2.91. The van der Waals surface area contributed by atoms with Crippen molar-refractivity contribution in [3.63, 3.8) is 0 Å². The molecule has 0 saturated carbocycles. The van der Waals surface area contributed by atoms with Gasteiger partial charge in [-0.05, 0) is 34.6 Å². The summed E-state index contributed by atoms with van der Waals surface area (Å²) in [6.07, 6.45) is 0. The Labute approximate surface area is 133 Å². The van der Waals surface area contributed by atoms with Crippen LogP contribution in [0.1, 0.15) is 48.5 Å². The summed E-state index contributed by atoms with van der Waals surface area (Å²) in [4.78, 5) is 35.7. The SMILES string of the molecule is CC(C)NC(=O)[C@H](C)NC(=O)[C@H](C)NC(=O)[C@H](C)NC(C)C. The number of rotatable bonds is 8. The van der Waals surface area contributed by atoms with Crippen molar-refractivity contribution in [3.05, 3.63) is 0 Å². The molecule has 3 atom stereocenters. The maximum absolute atomic E-state index is 12.0. The number of hydrogen-bond acceptors (Lipinski definition) is 4. The van der Waals surface area contributed by atoms with Gasteiger partial charge in [0, 0.05) is 12.1 Å². The number of hydrogen-bond donors (Lipinski definition) is 4. The fraction of sp³-hybridized carbons (Fsp3) is 0.800. The minimum atomic E-state index is -0.710. The monoisotopic (exact) mass is 314 g/mol. The van der Waals surface area contributed by atoms with Crippen molar-refractivity contribution in [1.82, 2.24) is 21.3 Å². The molecule has 7 heteroatoms. The Morgan fingerprint density at radius 1 is 0.545 bits per heavy atom. The van der Waals surface area contributed by atoms with E-state index in [2.05, 4.69) is 21.3 Å². The van der Waals surface area contributed by atoms with Crippen LogP contribution in [0, 0.1) is 0 Å². The summed E-state index contributed by atoms with van der Waals surface area (Å²) in [5.74, 6) is -0.899. The molecule has 0 aromatic heterocycles. The summed E-state index contributed by atoms with van der Waals surface area (Å²) in [5.41, 5.74) is 0. The van der Waals surface area contributed by atoms with Crippen LogP contribution in [0.5, 0.6) is 0 Å². The molecular formula is C15H30N4O3. The second-order valence-electron chi connectivity index (χ2n) is 6.17. The fourth-order valence-corrected chi connectivity index (χ4v) is 1.79. The summed E-state index contributed by atoms with van der Waals surface area (Å²) < 4.78 is 0. The molecule has 0 heterocycles. The van der Waals surface area contributed by atoms with E-state index >= 15 is 0 Å². The van der Waals surface area contributed by atoms with Gasteiger partial charge in [0.05, 0.1) is 6.04 Å². The minimum absolute atomic E-state index is 0.00642. The predicted octanol–water partition coefficient (Wildman–Crippen LogP) is -0.0931. The lowest BCUT2D eigenvalue weighted by Gasteiger charge is -2.21. The van der Waals surface area contributed by atoms with Crippen molar-refractivity contribution in [2.45, 2.75) is 78.7 Å². The fourth-order valence-electron chi connectivity index (χ4n) is 1.79. The molecular weight excluding hydrogens is 284 g/mol. The van der Waals surface area contributed by atoms with E-state index in [1.165, 1.54) is 0 Å². The maximum atomic E-state index is 12.0. The number of carbonyl (C=O) groups is 3. The molecule has 0 unspecified atom stereocenters. The zero-order valence-electron chi connectivity index (χ0n) is 14.6. The van der Waals surface area contributed by atoms with E-state index in [0.29, 0.717) is 0 Å². The number of carbonyl (C=O) groups excluding carboxylic acids is 3. The topological polar surface area (TPSA) is 99.3 Å². The quantitative estimate of drug-likeness (QED) is 0.503.